The summed E-state index contributed by atoms with van der Waals surface area (Å²) in [6.07, 6.45) is 0. The average molecular weight is 322 g/mol. The van der Waals surface area contributed by atoms with Crippen LogP contribution in [0.4, 0.5) is 5.69 Å². The molecule has 0 saturated carbocycles. The van der Waals surface area contributed by atoms with Gasteiger partial charge in [-0.15, -0.1) is 0 Å². The van der Waals surface area contributed by atoms with Gasteiger partial charge in [-0.1, -0.05) is 0 Å². The fourth-order valence-corrected chi connectivity index (χ4v) is 1.73. The summed E-state index contributed by atoms with van der Waals surface area (Å²) in [5.41, 5.74) is 4.56. The second-order valence-corrected chi connectivity index (χ2v) is 3.79. The smallest absolute Gasteiger partial charge is 0.285 e. The molecule has 0 aliphatic rings. The van der Waals surface area contributed by atoms with Crippen molar-refractivity contribution in [2.24, 2.45) is 5.73 Å². The van der Waals surface area contributed by atoms with E-state index in [9.17, 15) is 14.9 Å². The van der Waals surface area contributed by atoms with Crippen LogP contribution in [0.3, 0.4) is 0 Å². The van der Waals surface area contributed by atoms with Crippen LogP contribution in [0.5, 0.6) is 5.75 Å². The van der Waals surface area contributed by atoms with E-state index in [-0.39, 0.29) is 11.3 Å². The highest BCUT2D eigenvalue weighted by atomic mass is 127. The maximum Gasteiger partial charge on any atom is 0.285 e. The van der Waals surface area contributed by atoms with Crippen molar-refractivity contribution in [1.29, 1.82) is 0 Å². The fraction of sp³-hybridized carbons (Fsp3) is 0.125. The Labute approximate surface area is 98.7 Å². The third-order valence-corrected chi connectivity index (χ3v) is 2.58. The first-order valence-electron chi connectivity index (χ1n) is 3.79. The molecule has 1 amide bonds. The van der Waals surface area contributed by atoms with Gasteiger partial charge in [0.25, 0.3) is 11.6 Å². The van der Waals surface area contributed by atoms with Gasteiger partial charge < -0.3 is 10.5 Å². The fourth-order valence-electron chi connectivity index (χ4n) is 1.05. The summed E-state index contributed by atoms with van der Waals surface area (Å²) >= 11 is 1.90. The third-order valence-electron chi connectivity index (χ3n) is 1.73. The van der Waals surface area contributed by atoms with Crippen LogP contribution in [-0.4, -0.2) is 17.9 Å². The highest BCUT2D eigenvalue weighted by Crippen LogP contribution is 2.29. The number of rotatable bonds is 3. The lowest BCUT2D eigenvalue weighted by Crippen LogP contribution is -2.14. The van der Waals surface area contributed by atoms with Crippen LogP contribution in [0.2, 0.25) is 0 Å². The van der Waals surface area contributed by atoms with Gasteiger partial charge in [0.1, 0.15) is 11.3 Å². The molecule has 0 spiro atoms. The SMILES string of the molecule is COc1cc([N+](=O)[O-])c(C(N)=O)cc1I. The molecule has 0 unspecified atom stereocenters. The van der Waals surface area contributed by atoms with Crippen molar-refractivity contribution in [3.63, 3.8) is 0 Å². The Bertz CT molecular complexity index is 433. The van der Waals surface area contributed by atoms with Crippen LogP contribution in [0, 0.1) is 13.7 Å². The van der Waals surface area contributed by atoms with Gasteiger partial charge in [-0.25, -0.2) is 0 Å². The summed E-state index contributed by atoms with van der Waals surface area (Å²) < 4.78 is 5.50. The molecule has 80 valence electrons. The molecule has 0 atom stereocenters. The minimum Gasteiger partial charge on any atom is -0.495 e. The summed E-state index contributed by atoms with van der Waals surface area (Å²) in [4.78, 5) is 20.9. The molecule has 0 bridgehead atoms. The van der Waals surface area contributed by atoms with Crippen LogP contribution in [-0.2, 0) is 0 Å². The van der Waals surface area contributed by atoms with Crippen molar-refractivity contribution >= 4 is 34.2 Å². The van der Waals surface area contributed by atoms with Crippen molar-refractivity contribution in [1.82, 2.24) is 0 Å². The summed E-state index contributed by atoms with van der Waals surface area (Å²) in [6, 6.07) is 2.52. The lowest BCUT2D eigenvalue weighted by Gasteiger charge is -2.05. The Balaban J connectivity index is 3.45. The standard InChI is InChI=1S/C8H7IN2O4/c1-15-7-3-6(11(13)14)4(8(10)12)2-5(7)9/h2-3H,1H3,(H2,10,12). The minimum absolute atomic E-state index is 0.120. The molecule has 0 aliphatic carbocycles. The molecule has 0 fully saturated rings. The number of hydrogen-bond donors (Lipinski definition) is 1. The van der Waals surface area contributed by atoms with E-state index in [1.54, 1.807) is 0 Å². The molecule has 2 N–H and O–H groups in total. The van der Waals surface area contributed by atoms with Crippen LogP contribution < -0.4 is 10.5 Å². The van der Waals surface area contributed by atoms with E-state index in [0.29, 0.717) is 9.32 Å². The summed E-state index contributed by atoms with van der Waals surface area (Å²) in [5, 5.41) is 10.6. The van der Waals surface area contributed by atoms with E-state index in [0.717, 1.165) is 0 Å². The molecule has 15 heavy (non-hydrogen) atoms. The zero-order valence-electron chi connectivity index (χ0n) is 7.69. The average Bonchev–Trinajstić information content (AvgIpc) is 2.16. The summed E-state index contributed by atoms with van der Waals surface area (Å²) in [6.45, 7) is 0. The number of hydrogen-bond acceptors (Lipinski definition) is 4. The van der Waals surface area contributed by atoms with E-state index >= 15 is 0 Å². The van der Waals surface area contributed by atoms with Crippen LogP contribution in [0.1, 0.15) is 10.4 Å². The number of nitro benzene ring substituents is 1. The van der Waals surface area contributed by atoms with E-state index < -0.39 is 10.8 Å². The molecule has 0 aromatic heterocycles. The van der Waals surface area contributed by atoms with Gasteiger partial charge in [0, 0.05) is 0 Å². The molecule has 1 aromatic carbocycles. The summed E-state index contributed by atoms with van der Waals surface area (Å²) in [5.74, 6) is -0.491. The highest BCUT2D eigenvalue weighted by Gasteiger charge is 2.21. The lowest BCUT2D eigenvalue weighted by atomic mass is 10.1. The predicted molar refractivity (Wildman–Crippen MR) is 60.9 cm³/mol. The zero-order chi connectivity index (χ0) is 11.6. The Morgan fingerprint density at radius 1 is 1.60 bits per heavy atom. The number of carbonyl (C=O) groups excluding carboxylic acids is 1. The number of nitrogens with two attached hydrogens (primary N) is 1. The number of ether oxygens (including phenoxy) is 1. The summed E-state index contributed by atoms with van der Waals surface area (Å²) in [7, 11) is 1.39. The van der Waals surface area contributed by atoms with Crippen LogP contribution in [0.15, 0.2) is 12.1 Å². The second-order valence-electron chi connectivity index (χ2n) is 2.63. The maximum absolute atomic E-state index is 11.0. The first-order valence-corrected chi connectivity index (χ1v) is 4.87. The number of amides is 1. The lowest BCUT2D eigenvalue weighted by molar-refractivity contribution is -0.385. The molecule has 1 aromatic rings. The van der Waals surface area contributed by atoms with Crippen molar-refractivity contribution in [2.75, 3.05) is 7.11 Å². The number of methoxy groups -OCH3 is 1. The normalized spacial score (nSPS) is 9.73. The Morgan fingerprint density at radius 3 is 2.60 bits per heavy atom. The zero-order valence-corrected chi connectivity index (χ0v) is 9.85. The van der Waals surface area contributed by atoms with Crippen molar-refractivity contribution in [3.8, 4) is 5.75 Å². The van der Waals surface area contributed by atoms with Crippen molar-refractivity contribution in [2.45, 2.75) is 0 Å². The van der Waals surface area contributed by atoms with Gasteiger partial charge in [-0.3, -0.25) is 14.9 Å². The van der Waals surface area contributed by atoms with E-state index in [2.05, 4.69) is 0 Å². The van der Waals surface area contributed by atoms with Gasteiger partial charge in [0.05, 0.1) is 21.7 Å². The van der Waals surface area contributed by atoms with Gasteiger partial charge >= 0.3 is 0 Å². The number of nitrogens with zero attached hydrogens (tertiary/aromatic N) is 1. The third kappa shape index (κ3) is 2.35. The molecular weight excluding hydrogens is 315 g/mol. The largest absolute Gasteiger partial charge is 0.495 e. The molecule has 0 heterocycles. The monoisotopic (exact) mass is 322 g/mol. The Morgan fingerprint density at radius 2 is 2.20 bits per heavy atom. The minimum atomic E-state index is -0.831. The number of nitro groups is 1. The van der Waals surface area contributed by atoms with Crippen molar-refractivity contribution in [3.05, 3.63) is 31.4 Å². The van der Waals surface area contributed by atoms with Crippen LogP contribution in [0.25, 0.3) is 0 Å². The molecule has 7 heteroatoms. The highest BCUT2D eigenvalue weighted by molar-refractivity contribution is 14.1. The molecule has 1 rings (SSSR count). The topological polar surface area (TPSA) is 95.5 Å². The molecular formula is C8H7IN2O4. The number of primary amides is 1. The molecule has 0 saturated heterocycles. The van der Waals surface area contributed by atoms with Crippen molar-refractivity contribution < 1.29 is 14.5 Å². The molecule has 0 aliphatic heterocycles. The maximum atomic E-state index is 11.0. The Kier molecular flexibility index (Phi) is 3.45. The predicted octanol–water partition coefficient (Wildman–Crippen LogP) is 1.31. The molecule has 0 radical (unpaired) electrons. The van der Waals surface area contributed by atoms with E-state index in [1.807, 2.05) is 22.6 Å². The number of halogens is 1. The van der Waals surface area contributed by atoms with Crippen LogP contribution >= 0.6 is 22.6 Å². The quantitative estimate of drug-likeness (QED) is 0.515. The number of carbonyl (C=O) groups is 1. The number of benzene rings is 1. The second kappa shape index (κ2) is 4.43. The van der Waals surface area contributed by atoms with E-state index in [4.69, 9.17) is 10.5 Å². The first-order chi connectivity index (χ1) is 6.97. The van der Waals surface area contributed by atoms with Gasteiger partial charge in [-0.05, 0) is 28.7 Å². The first kappa shape index (κ1) is 11.7. The molecule has 6 nitrogen and oxygen atoms in total. The Hall–Kier alpha value is -1.38. The van der Waals surface area contributed by atoms with Gasteiger partial charge in [0.15, 0.2) is 0 Å². The van der Waals surface area contributed by atoms with E-state index in [1.165, 1.54) is 19.2 Å². The van der Waals surface area contributed by atoms with Gasteiger partial charge in [0.2, 0.25) is 0 Å². The van der Waals surface area contributed by atoms with Gasteiger partial charge in [-0.2, -0.15) is 0 Å².